The molecule has 9 heteroatoms. The average molecular weight is 466 g/mol. The van der Waals surface area contributed by atoms with Gasteiger partial charge in [0.25, 0.3) is 0 Å². The van der Waals surface area contributed by atoms with Gasteiger partial charge < -0.3 is 15.0 Å². The summed E-state index contributed by atoms with van der Waals surface area (Å²) in [6.07, 6.45) is 4.05. The zero-order chi connectivity index (χ0) is 22.8. The number of anilines is 1. The van der Waals surface area contributed by atoms with Crippen molar-refractivity contribution in [1.29, 1.82) is 0 Å². The number of aromatic amines is 1. The Hall–Kier alpha value is -3.17. The first-order valence-electron chi connectivity index (χ1n) is 10.9. The molecule has 7 nitrogen and oxygen atoms in total. The van der Waals surface area contributed by atoms with Crippen LogP contribution in [0.3, 0.4) is 0 Å². The molecule has 1 aliphatic rings. The van der Waals surface area contributed by atoms with Crippen molar-refractivity contribution in [3.8, 4) is 11.4 Å². The highest BCUT2D eigenvalue weighted by molar-refractivity contribution is 7.99. The number of aryl methyl sites for hydroxylation is 1. The molecule has 4 aromatic rings. The SMILES string of the molecule is Cc1ccc(NC(=O)CSc2nnc(-c3c[nH]c4ccccc34)n2CC2CCCO2)cc1F. The molecule has 1 aliphatic heterocycles. The number of rotatable bonds is 7. The lowest BCUT2D eigenvalue weighted by atomic mass is 10.1. The second kappa shape index (κ2) is 9.36. The van der Waals surface area contributed by atoms with Crippen LogP contribution in [-0.2, 0) is 16.1 Å². The fourth-order valence-corrected chi connectivity index (χ4v) is 4.75. The van der Waals surface area contributed by atoms with Crippen LogP contribution in [0.15, 0.2) is 53.8 Å². The number of benzene rings is 2. The number of aromatic nitrogens is 4. The molecular weight excluding hydrogens is 441 g/mol. The van der Waals surface area contributed by atoms with Gasteiger partial charge in [0.2, 0.25) is 5.91 Å². The van der Waals surface area contributed by atoms with Gasteiger partial charge in [-0.1, -0.05) is 36.0 Å². The van der Waals surface area contributed by atoms with Crippen molar-refractivity contribution in [3.63, 3.8) is 0 Å². The number of amides is 1. The zero-order valence-corrected chi connectivity index (χ0v) is 19.0. The van der Waals surface area contributed by atoms with Crippen molar-refractivity contribution in [2.24, 2.45) is 0 Å². The van der Waals surface area contributed by atoms with Crippen LogP contribution in [0, 0.1) is 12.7 Å². The van der Waals surface area contributed by atoms with E-state index in [4.69, 9.17) is 4.74 Å². The van der Waals surface area contributed by atoms with E-state index in [1.54, 1.807) is 19.1 Å². The lowest BCUT2D eigenvalue weighted by molar-refractivity contribution is -0.113. The third kappa shape index (κ3) is 4.65. The Labute approximate surface area is 194 Å². The highest BCUT2D eigenvalue weighted by Gasteiger charge is 2.23. The fourth-order valence-electron chi connectivity index (χ4n) is 4.01. The van der Waals surface area contributed by atoms with Gasteiger partial charge >= 0.3 is 0 Å². The van der Waals surface area contributed by atoms with Crippen LogP contribution in [0.25, 0.3) is 22.3 Å². The average Bonchev–Trinajstić information content (AvgIpc) is 3.55. The molecule has 0 saturated carbocycles. The number of fused-ring (bicyclic) bond motifs is 1. The van der Waals surface area contributed by atoms with E-state index in [1.165, 1.54) is 17.8 Å². The number of H-pyrrole nitrogens is 1. The van der Waals surface area contributed by atoms with Crippen LogP contribution < -0.4 is 5.32 Å². The third-order valence-electron chi connectivity index (χ3n) is 5.75. The summed E-state index contributed by atoms with van der Waals surface area (Å²) in [5.74, 6) is 0.294. The van der Waals surface area contributed by atoms with Crippen molar-refractivity contribution in [3.05, 3.63) is 60.0 Å². The van der Waals surface area contributed by atoms with Gasteiger partial charge in [-0.3, -0.25) is 9.36 Å². The van der Waals surface area contributed by atoms with E-state index >= 15 is 0 Å². The molecule has 33 heavy (non-hydrogen) atoms. The molecule has 0 spiro atoms. The van der Waals surface area contributed by atoms with Crippen LogP contribution in [0.5, 0.6) is 0 Å². The van der Waals surface area contributed by atoms with Crippen LogP contribution >= 0.6 is 11.8 Å². The zero-order valence-electron chi connectivity index (χ0n) is 18.2. The van der Waals surface area contributed by atoms with Crippen molar-refractivity contribution in [2.45, 2.75) is 37.6 Å². The Morgan fingerprint density at radius 2 is 2.18 bits per heavy atom. The van der Waals surface area contributed by atoms with Gasteiger partial charge in [0.1, 0.15) is 5.82 Å². The maximum Gasteiger partial charge on any atom is 0.234 e. The van der Waals surface area contributed by atoms with E-state index in [1.807, 2.05) is 35.0 Å². The molecule has 2 aromatic heterocycles. The van der Waals surface area contributed by atoms with Crippen LogP contribution in [0.4, 0.5) is 10.1 Å². The van der Waals surface area contributed by atoms with Gasteiger partial charge in [-0.05, 0) is 43.5 Å². The van der Waals surface area contributed by atoms with E-state index in [9.17, 15) is 9.18 Å². The van der Waals surface area contributed by atoms with E-state index in [0.29, 0.717) is 23.0 Å². The molecule has 0 bridgehead atoms. The number of nitrogens with zero attached hydrogens (tertiary/aromatic N) is 3. The lowest BCUT2D eigenvalue weighted by Crippen LogP contribution is -2.18. The van der Waals surface area contributed by atoms with Gasteiger partial charge in [0, 0.05) is 35.0 Å². The van der Waals surface area contributed by atoms with Gasteiger partial charge in [-0.25, -0.2) is 4.39 Å². The molecule has 170 valence electrons. The topological polar surface area (TPSA) is 84.8 Å². The van der Waals surface area contributed by atoms with Crippen molar-refractivity contribution >= 4 is 34.3 Å². The van der Waals surface area contributed by atoms with Crippen molar-refractivity contribution in [2.75, 3.05) is 17.7 Å². The highest BCUT2D eigenvalue weighted by Crippen LogP contribution is 2.31. The molecule has 1 unspecified atom stereocenters. The minimum Gasteiger partial charge on any atom is -0.376 e. The minimum absolute atomic E-state index is 0.0914. The molecule has 0 aliphatic carbocycles. The van der Waals surface area contributed by atoms with E-state index < -0.39 is 0 Å². The van der Waals surface area contributed by atoms with Crippen molar-refractivity contribution < 1.29 is 13.9 Å². The van der Waals surface area contributed by atoms with Crippen LogP contribution in [-0.4, -0.2) is 44.1 Å². The molecule has 5 rings (SSSR count). The van der Waals surface area contributed by atoms with E-state index in [2.05, 4.69) is 20.5 Å². The van der Waals surface area contributed by atoms with E-state index in [0.717, 1.165) is 41.7 Å². The summed E-state index contributed by atoms with van der Waals surface area (Å²) in [6, 6.07) is 12.7. The number of thioether (sulfide) groups is 1. The maximum absolute atomic E-state index is 13.8. The molecule has 2 aromatic carbocycles. The molecule has 1 amide bonds. The van der Waals surface area contributed by atoms with Gasteiger partial charge in [-0.2, -0.15) is 0 Å². The predicted molar refractivity (Wildman–Crippen MR) is 127 cm³/mol. The Bertz CT molecular complexity index is 1300. The number of nitrogens with one attached hydrogen (secondary N) is 2. The summed E-state index contributed by atoms with van der Waals surface area (Å²) in [7, 11) is 0. The Morgan fingerprint density at radius 3 is 3.00 bits per heavy atom. The van der Waals surface area contributed by atoms with Crippen LogP contribution in [0.1, 0.15) is 18.4 Å². The molecule has 1 saturated heterocycles. The molecular formula is C24H24FN5O2S. The third-order valence-corrected chi connectivity index (χ3v) is 6.71. The summed E-state index contributed by atoms with van der Waals surface area (Å²) >= 11 is 1.31. The van der Waals surface area contributed by atoms with Gasteiger partial charge in [0.15, 0.2) is 11.0 Å². The first-order valence-corrected chi connectivity index (χ1v) is 11.9. The Balaban J connectivity index is 1.37. The molecule has 1 atom stereocenters. The molecule has 1 fully saturated rings. The standard InChI is InChI=1S/C24H24FN5O2S/c1-15-8-9-16(11-20(15)25)27-22(31)14-33-24-29-28-23(30(24)13-17-5-4-10-32-17)19-12-26-21-7-3-2-6-18(19)21/h2-3,6-9,11-12,17,26H,4-5,10,13-14H2,1H3,(H,27,31). The number of halogens is 1. The maximum atomic E-state index is 13.8. The number of carbonyl (C=O) groups is 1. The minimum atomic E-state index is -0.347. The van der Waals surface area contributed by atoms with Gasteiger partial charge in [0.05, 0.1) is 18.4 Å². The first kappa shape index (κ1) is 21.7. The Morgan fingerprint density at radius 1 is 1.30 bits per heavy atom. The number of carbonyl (C=O) groups excluding carboxylic acids is 1. The summed E-state index contributed by atoms with van der Waals surface area (Å²) in [4.78, 5) is 15.8. The quantitative estimate of drug-likeness (QED) is 0.384. The van der Waals surface area contributed by atoms with Crippen LogP contribution in [0.2, 0.25) is 0 Å². The largest absolute Gasteiger partial charge is 0.376 e. The Kier molecular flexibility index (Phi) is 6.15. The number of hydrogen-bond acceptors (Lipinski definition) is 5. The molecule has 3 heterocycles. The fraction of sp³-hybridized carbons (Fsp3) is 0.292. The number of para-hydroxylation sites is 1. The second-order valence-corrected chi connectivity index (χ2v) is 9.04. The lowest BCUT2D eigenvalue weighted by Gasteiger charge is -2.14. The summed E-state index contributed by atoms with van der Waals surface area (Å²) < 4.78 is 21.7. The highest BCUT2D eigenvalue weighted by atomic mass is 32.2. The number of ether oxygens (including phenoxy) is 1. The predicted octanol–water partition coefficient (Wildman–Crippen LogP) is 4.78. The second-order valence-electron chi connectivity index (χ2n) is 8.10. The normalized spacial score (nSPS) is 15.9. The first-order chi connectivity index (χ1) is 16.1. The summed E-state index contributed by atoms with van der Waals surface area (Å²) in [6.45, 7) is 3.06. The summed E-state index contributed by atoms with van der Waals surface area (Å²) in [5, 5.41) is 13.3. The monoisotopic (exact) mass is 465 g/mol. The molecule has 2 N–H and O–H groups in total. The van der Waals surface area contributed by atoms with Crippen molar-refractivity contribution in [1.82, 2.24) is 19.7 Å². The smallest absolute Gasteiger partial charge is 0.234 e. The summed E-state index contributed by atoms with van der Waals surface area (Å²) in [5.41, 5.74) is 2.96. The molecule has 0 radical (unpaired) electrons. The van der Waals surface area contributed by atoms with Gasteiger partial charge in [-0.15, -0.1) is 10.2 Å². The van der Waals surface area contributed by atoms with E-state index in [-0.39, 0.29) is 23.6 Å². The number of hydrogen-bond donors (Lipinski definition) is 2.